The quantitative estimate of drug-likeness (QED) is 0.463. The van der Waals surface area contributed by atoms with Crippen molar-refractivity contribution in [2.45, 2.75) is 6.61 Å². The molecule has 3 heterocycles. The summed E-state index contributed by atoms with van der Waals surface area (Å²) in [5.74, 6) is 3.12. The van der Waals surface area contributed by atoms with Crippen LogP contribution >= 0.6 is 0 Å². The number of methoxy groups -OCH3 is 1. The van der Waals surface area contributed by atoms with Crippen LogP contribution in [0.4, 0.5) is 11.8 Å². The van der Waals surface area contributed by atoms with Gasteiger partial charge in [-0.25, -0.2) is 19.9 Å². The van der Waals surface area contributed by atoms with Gasteiger partial charge in [0.2, 0.25) is 5.95 Å². The summed E-state index contributed by atoms with van der Waals surface area (Å²) in [6.07, 6.45) is 5.09. The van der Waals surface area contributed by atoms with Crippen molar-refractivity contribution in [2.75, 3.05) is 43.1 Å². The van der Waals surface area contributed by atoms with E-state index in [-0.39, 0.29) is 0 Å². The van der Waals surface area contributed by atoms with E-state index in [9.17, 15) is 0 Å². The molecule has 0 unspecified atom stereocenters. The molecule has 162 valence electrons. The van der Waals surface area contributed by atoms with Crippen molar-refractivity contribution in [2.24, 2.45) is 0 Å². The number of piperazine rings is 1. The molecule has 8 heteroatoms. The Hall–Kier alpha value is -3.94. The number of benzene rings is 2. The van der Waals surface area contributed by atoms with Gasteiger partial charge in [-0.2, -0.15) is 0 Å². The Labute approximate surface area is 186 Å². The Balaban J connectivity index is 1.22. The van der Waals surface area contributed by atoms with Crippen molar-refractivity contribution >= 4 is 22.7 Å². The largest absolute Gasteiger partial charge is 0.497 e. The fourth-order valence-corrected chi connectivity index (χ4v) is 3.81. The molecular weight excluding hydrogens is 404 g/mol. The number of rotatable bonds is 6. The SMILES string of the molecule is COc1ccc2c(N3CCN(c4ncc(OCc5ccccc5)cn4)CC3)ncnc2c1. The minimum absolute atomic E-state index is 0.501. The second-order valence-electron chi connectivity index (χ2n) is 7.55. The molecule has 32 heavy (non-hydrogen) atoms. The molecule has 0 amide bonds. The third-order valence-electron chi connectivity index (χ3n) is 5.55. The van der Waals surface area contributed by atoms with E-state index in [4.69, 9.17) is 9.47 Å². The summed E-state index contributed by atoms with van der Waals surface area (Å²) in [6.45, 7) is 3.78. The van der Waals surface area contributed by atoms with Crippen molar-refractivity contribution in [3.8, 4) is 11.5 Å². The number of fused-ring (bicyclic) bond motifs is 1. The highest BCUT2D eigenvalue weighted by Crippen LogP contribution is 2.27. The summed E-state index contributed by atoms with van der Waals surface area (Å²) in [7, 11) is 1.66. The zero-order valence-electron chi connectivity index (χ0n) is 17.9. The van der Waals surface area contributed by atoms with E-state index in [1.54, 1.807) is 25.8 Å². The molecule has 0 spiro atoms. The van der Waals surface area contributed by atoms with Gasteiger partial charge in [-0.05, 0) is 17.7 Å². The van der Waals surface area contributed by atoms with Gasteiger partial charge in [0.1, 0.15) is 24.5 Å². The minimum Gasteiger partial charge on any atom is -0.497 e. The van der Waals surface area contributed by atoms with E-state index in [1.807, 2.05) is 48.5 Å². The average molecular weight is 428 g/mol. The first-order valence-corrected chi connectivity index (χ1v) is 10.6. The molecule has 1 aliphatic heterocycles. The van der Waals surface area contributed by atoms with Crippen molar-refractivity contribution in [1.29, 1.82) is 0 Å². The molecule has 2 aromatic heterocycles. The highest BCUT2D eigenvalue weighted by Gasteiger charge is 2.21. The van der Waals surface area contributed by atoms with Crippen molar-refractivity contribution in [1.82, 2.24) is 19.9 Å². The van der Waals surface area contributed by atoms with Gasteiger partial charge in [-0.15, -0.1) is 0 Å². The van der Waals surface area contributed by atoms with Gasteiger partial charge in [0.15, 0.2) is 5.75 Å². The average Bonchev–Trinajstić information content (AvgIpc) is 2.88. The predicted octanol–water partition coefficient (Wildman–Crippen LogP) is 3.33. The molecule has 0 aliphatic carbocycles. The Morgan fingerprint density at radius 2 is 1.56 bits per heavy atom. The van der Waals surface area contributed by atoms with Crippen LogP contribution < -0.4 is 19.3 Å². The Morgan fingerprint density at radius 3 is 2.31 bits per heavy atom. The lowest BCUT2D eigenvalue weighted by Crippen LogP contribution is -2.47. The van der Waals surface area contributed by atoms with Crippen LogP contribution in [0.1, 0.15) is 5.56 Å². The van der Waals surface area contributed by atoms with Crippen LogP contribution in [-0.2, 0) is 6.61 Å². The fraction of sp³-hybridized carbons (Fsp3) is 0.250. The number of nitrogens with zero attached hydrogens (tertiary/aromatic N) is 6. The first kappa shape index (κ1) is 20.0. The zero-order valence-corrected chi connectivity index (χ0v) is 17.9. The maximum atomic E-state index is 5.79. The highest BCUT2D eigenvalue weighted by atomic mass is 16.5. The van der Waals surface area contributed by atoms with Crippen molar-refractivity contribution in [3.63, 3.8) is 0 Å². The summed E-state index contributed by atoms with van der Waals surface area (Å²) < 4.78 is 11.1. The maximum absolute atomic E-state index is 5.79. The van der Waals surface area contributed by atoms with Crippen LogP contribution in [0.25, 0.3) is 10.9 Å². The molecule has 1 fully saturated rings. The molecule has 8 nitrogen and oxygen atoms in total. The topological polar surface area (TPSA) is 76.5 Å². The molecule has 1 aliphatic rings. The fourth-order valence-electron chi connectivity index (χ4n) is 3.81. The molecule has 5 rings (SSSR count). The van der Waals surface area contributed by atoms with Gasteiger partial charge in [0.25, 0.3) is 0 Å². The van der Waals surface area contributed by atoms with Crippen LogP contribution in [0.5, 0.6) is 11.5 Å². The lowest BCUT2D eigenvalue weighted by molar-refractivity contribution is 0.303. The van der Waals surface area contributed by atoms with Crippen LogP contribution in [0, 0.1) is 0 Å². The van der Waals surface area contributed by atoms with Crippen molar-refractivity contribution < 1.29 is 9.47 Å². The highest BCUT2D eigenvalue weighted by molar-refractivity contribution is 5.90. The van der Waals surface area contributed by atoms with E-state index in [1.165, 1.54) is 0 Å². The zero-order chi connectivity index (χ0) is 21.8. The lowest BCUT2D eigenvalue weighted by atomic mass is 10.2. The van der Waals surface area contributed by atoms with E-state index in [2.05, 4.69) is 29.7 Å². The minimum atomic E-state index is 0.501. The molecule has 1 saturated heterocycles. The second-order valence-corrected chi connectivity index (χ2v) is 7.55. The van der Waals surface area contributed by atoms with Gasteiger partial charge >= 0.3 is 0 Å². The third-order valence-corrected chi connectivity index (χ3v) is 5.55. The first-order valence-electron chi connectivity index (χ1n) is 10.6. The standard InChI is InChI=1S/C24H24N6O2/c1-31-19-7-8-21-22(13-19)27-17-28-23(21)29-9-11-30(12-10-29)24-25-14-20(15-26-24)32-16-18-5-3-2-4-6-18/h2-8,13-15,17H,9-12,16H2,1H3. The molecule has 4 aromatic rings. The van der Waals surface area contributed by atoms with Crippen LogP contribution in [0.2, 0.25) is 0 Å². The first-order chi connectivity index (χ1) is 15.8. The number of anilines is 2. The molecule has 0 N–H and O–H groups in total. The normalized spacial score (nSPS) is 13.9. The number of hydrogen-bond acceptors (Lipinski definition) is 8. The summed E-state index contributed by atoms with van der Waals surface area (Å²) >= 11 is 0. The summed E-state index contributed by atoms with van der Waals surface area (Å²) in [5, 5.41) is 1.03. The Bertz CT molecular complexity index is 1180. The lowest BCUT2D eigenvalue weighted by Gasteiger charge is -2.35. The second kappa shape index (κ2) is 9.05. The van der Waals surface area contributed by atoms with Crippen molar-refractivity contribution in [3.05, 3.63) is 72.8 Å². The van der Waals surface area contributed by atoms with Gasteiger partial charge in [0, 0.05) is 37.6 Å². The summed E-state index contributed by atoms with van der Waals surface area (Å²) in [5.41, 5.74) is 1.99. The summed E-state index contributed by atoms with van der Waals surface area (Å²) in [6, 6.07) is 16.0. The smallest absolute Gasteiger partial charge is 0.225 e. The monoisotopic (exact) mass is 428 g/mol. The third kappa shape index (κ3) is 4.25. The summed E-state index contributed by atoms with van der Waals surface area (Å²) in [4.78, 5) is 22.4. The number of ether oxygens (including phenoxy) is 2. The molecular formula is C24H24N6O2. The van der Waals surface area contributed by atoms with Gasteiger partial charge in [-0.1, -0.05) is 30.3 Å². The molecule has 2 aromatic carbocycles. The van der Waals surface area contributed by atoms with E-state index < -0.39 is 0 Å². The molecule has 0 bridgehead atoms. The van der Waals surface area contributed by atoms with Crippen LogP contribution in [0.15, 0.2) is 67.3 Å². The van der Waals surface area contributed by atoms with Gasteiger partial charge in [-0.3, -0.25) is 0 Å². The Kier molecular flexibility index (Phi) is 5.65. The molecule has 0 saturated carbocycles. The van der Waals surface area contributed by atoms with Crippen LogP contribution in [-0.4, -0.2) is 53.2 Å². The van der Waals surface area contributed by atoms with E-state index in [0.29, 0.717) is 18.3 Å². The van der Waals surface area contributed by atoms with Gasteiger partial charge < -0.3 is 19.3 Å². The maximum Gasteiger partial charge on any atom is 0.225 e. The van der Waals surface area contributed by atoms with E-state index in [0.717, 1.165) is 54.2 Å². The van der Waals surface area contributed by atoms with E-state index >= 15 is 0 Å². The predicted molar refractivity (Wildman–Crippen MR) is 123 cm³/mol. The molecule has 0 radical (unpaired) electrons. The number of aromatic nitrogens is 4. The Morgan fingerprint density at radius 1 is 0.812 bits per heavy atom. The number of hydrogen-bond donors (Lipinski definition) is 0. The van der Waals surface area contributed by atoms with Crippen LogP contribution in [0.3, 0.4) is 0 Å². The van der Waals surface area contributed by atoms with Gasteiger partial charge in [0.05, 0.1) is 25.0 Å². The molecule has 0 atom stereocenters.